The van der Waals surface area contributed by atoms with Crippen LogP contribution in [0.15, 0.2) is 28.7 Å². The van der Waals surface area contributed by atoms with Crippen molar-refractivity contribution in [3.63, 3.8) is 0 Å². The van der Waals surface area contributed by atoms with Crippen LogP contribution in [0.2, 0.25) is 0 Å². The molecule has 22 heavy (non-hydrogen) atoms. The van der Waals surface area contributed by atoms with Crippen LogP contribution in [0.4, 0.5) is 0 Å². The van der Waals surface area contributed by atoms with E-state index in [9.17, 15) is 9.90 Å². The Morgan fingerprint density at radius 3 is 2.36 bits per heavy atom. The summed E-state index contributed by atoms with van der Waals surface area (Å²) in [6.45, 7) is 2.89. The van der Waals surface area contributed by atoms with E-state index < -0.39 is 5.97 Å². The zero-order valence-corrected chi connectivity index (χ0v) is 13.3. The minimum absolute atomic E-state index is 0.0795. The van der Waals surface area contributed by atoms with Gasteiger partial charge in [-0.1, -0.05) is 57.6 Å². The lowest BCUT2D eigenvalue weighted by Crippen LogP contribution is -2.42. The third-order valence-electron chi connectivity index (χ3n) is 4.02. The van der Waals surface area contributed by atoms with Gasteiger partial charge in [-0.2, -0.15) is 4.57 Å². The first-order chi connectivity index (χ1) is 10.7. The first kappa shape index (κ1) is 16.5. The van der Waals surface area contributed by atoms with Gasteiger partial charge in [-0.25, -0.2) is 0 Å². The minimum Gasteiger partial charge on any atom is -0.537 e. The number of hydrogen-bond donors (Lipinski definition) is 0. The molecule has 0 saturated heterocycles. The topological polar surface area (TPSA) is 57.1 Å². The number of benzene rings is 1. The third-order valence-corrected chi connectivity index (χ3v) is 4.02. The summed E-state index contributed by atoms with van der Waals surface area (Å²) in [6.07, 6.45) is 9.78. The van der Waals surface area contributed by atoms with Gasteiger partial charge in [0, 0.05) is 12.5 Å². The summed E-state index contributed by atoms with van der Waals surface area (Å²) in [4.78, 5) is 11.2. The molecule has 0 spiro atoms. The van der Waals surface area contributed by atoms with Crippen LogP contribution in [0.3, 0.4) is 0 Å². The number of aryl methyl sites for hydroxylation is 1. The Kier molecular flexibility index (Phi) is 6.44. The molecule has 1 aromatic heterocycles. The highest BCUT2D eigenvalue weighted by Crippen LogP contribution is 2.14. The van der Waals surface area contributed by atoms with Gasteiger partial charge in [-0.15, -0.1) is 0 Å². The Morgan fingerprint density at radius 1 is 1.05 bits per heavy atom. The van der Waals surface area contributed by atoms with E-state index >= 15 is 0 Å². The standard InChI is InChI=1S/C18H25NO3/c1-2-3-4-5-6-7-8-11-14-19-15-12-9-10-13-16(15)22-17(19)18(20)21/h9-10,12-13H,2-8,11,14H2,1H3. The van der Waals surface area contributed by atoms with Crippen LogP contribution < -0.4 is 9.67 Å². The highest BCUT2D eigenvalue weighted by Gasteiger charge is 2.22. The van der Waals surface area contributed by atoms with Gasteiger partial charge in [0.15, 0.2) is 12.5 Å². The van der Waals surface area contributed by atoms with Gasteiger partial charge in [0.2, 0.25) is 5.58 Å². The van der Waals surface area contributed by atoms with Crippen LogP contribution in [0.25, 0.3) is 11.1 Å². The molecule has 1 heterocycles. The number of hydrogen-bond acceptors (Lipinski definition) is 3. The van der Waals surface area contributed by atoms with Crippen molar-refractivity contribution in [3.8, 4) is 0 Å². The van der Waals surface area contributed by atoms with E-state index in [1.54, 1.807) is 10.6 Å². The Labute approximate surface area is 131 Å². The van der Waals surface area contributed by atoms with E-state index in [1.807, 2.05) is 18.2 Å². The average Bonchev–Trinajstić information content (AvgIpc) is 2.89. The molecule has 0 unspecified atom stereocenters. The number of unbranched alkanes of at least 4 members (excludes halogenated alkanes) is 7. The maximum absolute atomic E-state index is 11.2. The third kappa shape index (κ3) is 4.33. The predicted molar refractivity (Wildman–Crippen MR) is 83.3 cm³/mol. The molecule has 0 saturated carbocycles. The quantitative estimate of drug-likeness (QED) is 0.500. The van der Waals surface area contributed by atoms with Gasteiger partial charge in [-0.3, -0.25) is 0 Å². The first-order valence-electron chi connectivity index (χ1n) is 8.36. The second kappa shape index (κ2) is 8.57. The van der Waals surface area contributed by atoms with Gasteiger partial charge in [-0.05, 0) is 12.5 Å². The van der Waals surface area contributed by atoms with Gasteiger partial charge in [0.25, 0.3) is 5.52 Å². The predicted octanol–water partition coefficient (Wildman–Crippen LogP) is 3.22. The van der Waals surface area contributed by atoms with E-state index in [4.69, 9.17) is 4.42 Å². The smallest absolute Gasteiger partial charge is 0.397 e. The zero-order valence-electron chi connectivity index (χ0n) is 13.3. The molecule has 4 heteroatoms. The number of aromatic carboxylic acids is 1. The molecule has 0 aliphatic rings. The van der Waals surface area contributed by atoms with E-state index in [-0.39, 0.29) is 5.89 Å². The fraction of sp³-hybridized carbons (Fsp3) is 0.556. The van der Waals surface area contributed by atoms with Gasteiger partial charge in [0.1, 0.15) is 0 Å². The van der Waals surface area contributed by atoms with Crippen LogP contribution in [0.5, 0.6) is 0 Å². The molecule has 120 valence electrons. The summed E-state index contributed by atoms with van der Waals surface area (Å²) in [5.74, 6) is -1.33. The van der Waals surface area contributed by atoms with E-state index in [2.05, 4.69) is 6.92 Å². The summed E-state index contributed by atoms with van der Waals surface area (Å²) in [5.41, 5.74) is 1.42. The summed E-state index contributed by atoms with van der Waals surface area (Å²) < 4.78 is 7.11. The number of para-hydroxylation sites is 2. The van der Waals surface area contributed by atoms with Crippen molar-refractivity contribution in [1.82, 2.24) is 0 Å². The molecule has 2 aromatic rings. The lowest BCUT2D eigenvalue weighted by atomic mass is 10.1. The number of oxazole rings is 1. The highest BCUT2D eigenvalue weighted by molar-refractivity contribution is 5.81. The first-order valence-corrected chi connectivity index (χ1v) is 8.36. The normalized spacial score (nSPS) is 11.1. The number of carboxylic acid groups (broad SMARTS) is 1. The second-order valence-electron chi connectivity index (χ2n) is 5.79. The SMILES string of the molecule is CCCCCCCCCC[n+]1c(C(=O)[O-])oc2ccccc21. The van der Waals surface area contributed by atoms with Gasteiger partial charge < -0.3 is 14.3 Å². The van der Waals surface area contributed by atoms with Crippen molar-refractivity contribution in [3.05, 3.63) is 30.2 Å². The van der Waals surface area contributed by atoms with Crippen LogP contribution >= 0.6 is 0 Å². The second-order valence-corrected chi connectivity index (χ2v) is 5.79. The minimum atomic E-state index is -1.25. The van der Waals surface area contributed by atoms with E-state index in [0.717, 1.165) is 18.4 Å². The molecule has 0 atom stereocenters. The number of carbonyl (C=O) groups excluding carboxylic acids is 1. The Balaban J connectivity index is 1.86. The maximum atomic E-state index is 11.2. The van der Waals surface area contributed by atoms with Crippen molar-refractivity contribution in [1.29, 1.82) is 0 Å². The highest BCUT2D eigenvalue weighted by atomic mass is 16.4. The Morgan fingerprint density at radius 2 is 1.68 bits per heavy atom. The van der Waals surface area contributed by atoms with Crippen molar-refractivity contribution in [2.24, 2.45) is 0 Å². The maximum Gasteiger partial charge on any atom is 0.397 e. The summed E-state index contributed by atoms with van der Waals surface area (Å²) in [7, 11) is 0. The fourth-order valence-electron chi connectivity index (χ4n) is 2.81. The number of nitrogens with zero attached hydrogens (tertiary/aromatic N) is 1. The van der Waals surface area contributed by atoms with Crippen LogP contribution in [-0.4, -0.2) is 5.97 Å². The molecule has 0 N–H and O–H groups in total. The lowest BCUT2D eigenvalue weighted by Gasteiger charge is -2.01. The molecule has 0 amide bonds. The van der Waals surface area contributed by atoms with Crippen molar-refractivity contribution in [2.75, 3.05) is 0 Å². The summed E-state index contributed by atoms with van der Waals surface area (Å²) in [5, 5.41) is 11.2. The molecule has 2 rings (SSSR count). The van der Waals surface area contributed by atoms with Crippen molar-refractivity contribution < 1.29 is 18.9 Å². The number of rotatable bonds is 10. The van der Waals surface area contributed by atoms with Crippen molar-refractivity contribution >= 4 is 17.1 Å². The molecule has 0 fully saturated rings. The molecule has 0 aliphatic heterocycles. The molecule has 0 radical (unpaired) electrons. The molecule has 0 aliphatic carbocycles. The molecular weight excluding hydrogens is 278 g/mol. The van der Waals surface area contributed by atoms with E-state index in [0.29, 0.717) is 12.1 Å². The summed E-state index contributed by atoms with van der Waals surface area (Å²) >= 11 is 0. The fourth-order valence-corrected chi connectivity index (χ4v) is 2.81. The molecule has 4 nitrogen and oxygen atoms in total. The van der Waals surface area contributed by atoms with Crippen LogP contribution in [0, 0.1) is 0 Å². The van der Waals surface area contributed by atoms with Crippen LogP contribution in [0.1, 0.15) is 69.0 Å². The Bertz CT molecular complexity index is 603. The van der Waals surface area contributed by atoms with Gasteiger partial charge >= 0.3 is 5.89 Å². The van der Waals surface area contributed by atoms with Crippen molar-refractivity contribution in [2.45, 2.75) is 64.8 Å². The summed E-state index contributed by atoms with van der Waals surface area (Å²) in [6, 6.07) is 7.40. The van der Waals surface area contributed by atoms with Gasteiger partial charge in [0.05, 0.1) is 0 Å². The van der Waals surface area contributed by atoms with E-state index in [1.165, 1.54) is 38.5 Å². The lowest BCUT2D eigenvalue weighted by molar-refractivity contribution is -0.681. The van der Waals surface area contributed by atoms with Crippen LogP contribution in [-0.2, 0) is 6.54 Å². The molecule has 1 aromatic carbocycles. The molecule has 0 bridgehead atoms. The number of carbonyl (C=O) groups is 1. The number of aromatic nitrogens is 1. The number of carboxylic acids is 1. The number of fused-ring (bicyclic) bond motifs is 1. The monoisotopic (exact) mass is 303 g/mol. The molecular formula is C18H25NO3. The Hall–Kier alpha value is -1.84. The zero-order chi connectivity index (χ0) is 15.8. The average molecular weight is 303 g/mol. The largest absolute Gasteiger partial charge is 0.537 e.